The van der Waals surface area contributed by atoms with Crippen molar-refractivity contribution in [2.75, 3.05) is 32.7 Å². The SMILES string of the molecule is C[C@H](NC(=O)CCCCCCN=C(N)N)C(=O)NCCCCN(CCCNC(=O)OCc1ccccc1)C(=O)OCc1ccccc1. The maximum absolute atomic E-state index is 12.9. The first kappa shape index (κ1) is 38.4. The van der Waals surface area contributed by atoms with Gasteiger partial charge in [0, 0.05) is 39.1 Å². The number of carbonyl (C=O) groups excluding carboxylic acids is 4. The lowest BCUT2D eigenvalue weighted by Crippen LogP contribution is -2.45. The van der Waals surface area contributed by atoms with E-state index in [0.717, 1.165) is 36.8 Å². The number of nitrogens with zero attached hydrogens (tertiary/aromatic N) is 2. The van der Waals surface area contributed by atoms with Gasteiger partial charge in [-0.2, -0.15) is 0 Å². The highest BCUT2D eigenvalue weighted by Crippen LogP contribution is 2.07. The van der Waals surface area contributed by atoms with E-state index in [1.807, 2.05) is 60.7 Å². The van der Waals surface area contributed by atoms with Gasteiger partial charge in [0.15, 0.2) is 5.96 Å². The molecule has 2 rings (SSSR count). The average Bonchev–Trinajstić information content (AvgIpc) is 3.07. The molecule has 0 fully saturated rings. The van der Waals surface area contributed by atoms with Gasteiger partial charge < -0.3 is 41.8 Å². The number of rotatable bonds is 22. The summed E-state index contributed by atoms with van der Waals surface area (Å²) in [5, 5.41) is 8.29. The van der Waals surface area contributed by atoms with E-state index in [1.54, 1.807) is 11.8 Å². The molecule has 1 atom stereocenters. The third kappa shape index (κ3) is 18.7. The molecule has 0 spiro atoms. The Morgan fingerprint density at radius 2 is 1.34 bits per heavy atom. The van der Waals surface area contributed by atoms with E-state index in [9.17, 15) is 19.2 Å². The van der Waals surface area contributed by atoms with E-state index in [1.165, 1.54) is 0 Å². The van der Waals surface area contributed by atoms with Crippen LogP contribution >= 0.6 is 0 Å². The van der Waals surface area contributed by atoms with Gasteiger partial charge in [0.25, 0.3) is 0 Å². The molecule has 0 radical (unpaired) electrons. The Balaban J connectivity index is 1.67. The minimum atomic E-state index is -0.652. The number of ether oxygens (including phenoxy) is 2. The van der Waals surface area contributed by atoms with Crippen LogP contribution in [0.25, 0.3) is 0 Å². The maximum atomic E-state index is 12.9. The maximum Gasteiger partial charge on any atom is 0.410 e. The topological polar surface area (TPSA) is 190 Å². The van der Waals surface area contributed by atoms with Crippen LogP contribution in [0.5, 0.6) is 0 Å². The highest BCUT2D eigenvalue weighted by Gasteiger charge is 2.17. The largest absolute Gasteiger partial charge is 0.445 e. The van der Waals surface area contributed by atoms with Crippen molar-refractivity contribution in [3.8, 4) is 0 Å². The zero-order valence-electron chi connectivity index (χ0n) is 27.5. The second kappa shape index (κ2) is 23.5. The van der Waals surface area contributed by atoms with Gasteiger partial charge in [-0.05, 0) is 50.2 Å². The molecule has 47 heavy (non-hydrogen) atoms. The molecule has 0 aliphatic rings. The fourth-order valence-corrected chi connectivity index (χ4v) is 4.47. The average molecular weight is 654 g/mol. The first-order valence-electron chi connectivity index (χ1n) is 16.3. The lowest BCUT2D eigenvalue weighted by molar-refractivity contribution is -0.128. The van der Waals surface area contributed by atoms with Gasteiger partial charge in [0.05, 0.1) is 0 Å². The second-order valence-electron chi connectivity index (χ2n) is 11.1. The molecule has 0 aromatic heterocycles. The summed E-state index contributed by atoms with van der Waals surface area (Å²) in [6.45, 7) is 4.07. The quantitative estimate of drug-likeness (QED) is 0.0724. The summed E-state index contributed by atoms with van der Waals surface area (Å²) >= 11 is 0. The van der Waals surface area contributed by atoms with E-state index in [2.05, 4.69) is 20.9 Å². The predicted molar refractivity (Wildman–Crippen MR) is 181 cm³/mol. The Morgan fingerprint density at radius 3 is 2.00 bits per heavy atom. The lowest BCUT2D eigenvalue weighted by Gasteiger charge is -2.22. The van der Waals surface area contributed by atoms with E-state index >= 15 is 0 Å². The molecule has 0 bridgehead atoms. The number of hydrogen-bond donors (Lipinski definition) is 5. The van der Waals surface area contributed by atoms with Gasteiger partial charge >= 0.3 is 12.2 Å². The predicted octanol–water partition coefficient (Wildman–Crippen LogP) is 3.57. The van der Waals surface area contributed by atoms with E-state index in [4.69, 9.17) is 20.9 Å². The smallest absolute Gasteiger partial charge is 0.410 e. The molecule has 13 heteroatoms. The summed E-state index contributed by atoms with van der Waals surface area (Å²) in [6.07, 6.45) is 4.50. The van der Waals surface area contributed by atoms with Crippen LogP contribution < -0.4 is 27.4 Å². The van der Waals surface area contributed by atoms with E-state index in [0.29, 0.717) is 58.4 Å². The van der Waals surface area contributed by atoms with Crippen molar-refractivity contribution in [3.63, 3.8) is 0 Å². The highest BCUT2D eigenvalue weighted by molar-refractivity contribution is 5.87. The molecule has 0 saturated heterocycles. The first-order chi connectivity index (χ1) is 22.7. The number of unbranched alkanes of at least 4 members (excludes halogenated alkanes) is 4. The number of amides is 4. The monoisotopic (exact) mass is 653 g/mol. The Hall–Kier alpha value is -4.81. The molecule has 4 amide bonds. The summed E-state index contributed by atoms with van der Waals surface area (Å²) in [5.74, 6) is -0.348. The van der Waals surface area contributed by atoms with Crippen molar-refractivity contribution in [2.24, 2.45) is 16.5 Å². The number of alkyl carbamates (subject to hydrolysis) is 1. The number of nitrogens with one attached hydrogen (secondary N) is 3. The van der Waals surface area contributed by atoms with Crippen molar-refractivity contribution in [3.05, 3.63) is 71.8 Å². The summed E-state index contributed by atoms with van der Waals surface area (Å²) in [6, 6.07) is 18.2. The van der Waals surface area contributed by atoms with Crippen LogP contribution in [-0.2, 0) is 32.3 Å². The van der Waals surface area contributed by atoms with Crippen LogP contribution in [0.4, 0.5) is 9.59 Å². The molecular formula is C34H51N7O6. The Labute approximate surface area is 277 Å². The number of benzene rings is 2. The molecule has 13 nitrogen and oxygen atoms in total. The van der Waals surface area contributed by atoms with Crippen LogP contribution in [-0.4, -0.2) is 73.6 Å². The van der Waals surface area contributed by atoms with Crippen LogP contribution in [0.2, 0.25) is 0 Å². The number of carbonyl (C=O) groups is 4. The molecule has 0 heterocycles. The van der Waals surface area contributed by atoms with Crippen molar-refractivity contribution in [1.82, 2.24) is 20.9 Å². The fourth-order valence-electron chi connectivity index (χ4n) is 4.47. The van der Waals surface area contributed by atoms with Gasteiger partial charge in [0.2, 0.25) is 11.8 Å². The van der Waals surface area contributed by atoms with Gasteiger partial charge in [-0.15, -0.1) is 0 Å². The van der Waals surface area contributed by atoms with E-state index < -0.39 is 18.2 Å². The van der Waals surface area contributed by atoms with Crippen LogP contribution in [0, 0.1) is 0 Å². The number of hydrogen-bond acceptors (Lipinski definition) is 7. The molecule has 0 unspecified atom stereocenters. The van der Waals surface area contributed by atoms with Crippen LogP contribution in [0.15, 0.2) is 65.7 Å². The summed E-state index contributed by atoms with van der Waals surface area (Å²) in [7, 11) is 0. The second-order valence-corrected chi connectivity index (χ2v) is 11.1. The minimum absolute atomic E-state index is 0.0817. The number of nitrogens with two attached hydrogens (primary N) is 2. The molecule has 0 aliphatic heterocycles. The van der Waals surface area contributed by atoms with Crippen LogP contribution in [0.3, 0.4) is 0 Å². The molecule has 258 valence electrons. The summed E-state index contributed by atoms with van der Waals surface area (Å²) in [4.78, 5) is 55.2. The normalized spacial score (nSPS) is 11.1. The fraction of sp³-hybridized carbons (Fsp3) is 0.500. The Kier molecular flexibility index (Phi) is 19.2. The third-order valence-electron chi connectivity index (χ3n) is 7.08. The van der Waals surface area contributed by atoms with Gasteiger partial charge in [-0.3, -0.25) is 14.6 Å². The third-order valence-corrected chi connectivity index (χ3v) is 7.08. The van der Waals surface area contributed by atoms with Gasteiger partial charge in [-0.25, -0.2) is 9.59 Å². The Bertz CT molecular complexity index is 1230. The summed E-state index contributed by atoms with van der Waals surface area (Å²) < 4.78 is 10.8. The molecule has 0 aliphatic carbocycles. The van der Waals surface area contributed by atoms with Crippen molar-refractivity contribution >= 4 is 30.0 Å². The number of aliphatic imine (C=N–C) groups is 1. The molecule has 7 N–H and O–H groups in total. The van der Waals surface area contributed by atoms with Crippen molar-refractivity contribution in [2.45, 2.75) is 77.5 Å². The first-order valence-corrected chi connectivity index (χ1v) is 16.3. The lowest BCUT2D eigenvalue weighted by atomic mass is 10.1. The molecular weight excluding hydrogens is 602 g/mol. The zero-order chi connectivity index (χ0) is 34.1. The standard InChI is InChI=1S/C34H51N7O6/c1-27(40-30(42)19-10-2-3-11-21-38-32(35)36)31(43)37-20-12-13-23-41(34(45)47-26-29-17-8-5-9-18-29)24-14-22-39-33(44)46-25-28-15-6-4-7-16-28/h4-9,15-18,27H,2-3,10-14,19-26H2,1H3,(H,37,43)(H,39,44)(H,40,42)(H4,35,36,38)/t27-/m0/s1. The molecule has 2 aromatic rings. The minimum Gasteiger partial charge on any atom is -0.445 e. The summed E-state index contributed by atoms with van der Waals surface area (Å²) in [5.41, 5.74) is 12.4. The highest BCUT2D eigenvalue weighted by atomic mass is 16.6. The number of guanidine groups is 1. The van der Waals surface area contributed by atoms with Crippen LogP contribution in [0.1, 0.15) is 69.4 Å². The molecule has 2 aromatic carbocycles. The zero-order valence-corrected chi connectivity index (χ0v) is 27.5. The van der Waals surface area contributed by atoms with E-state index in [-0.39, 0.29) is 31.0 Å². The van der Waals surface area contributed by atoms with Gasteiger partial charge in [0.1, 0.15) is 19.3 Å². The van der Waals surface area contributed by atoms with Crippen molar-refractivity contribution in [1.29, 1.82) is 0 Å². The van der Waals surface area contributed by atoms with Crippen molar-refractivity contribution < 1.29 is 28.7 Å². The van der Waals surface area contributed by atoms with Gasteiger partial charge in [-0.1, -0.05) is 73.5 Å². The Morgan fingerprint density at radius 1 is 0.745 bits per heavy atom. The molecule has 0 saturated carbocycles.